The summed E-state index contributed by atoms with van der Waals surface area (Å²) >= 11 is 0. The SMILES string of the molecule is CCN[C@H](C)c1ncc(C(=O)O)cn1. The van der Waals surface area contributed by atoms with Crippen LogP contribution in [0.15, 0.2) is 12.4 Å². The van der Waals surface area contributed by atoms with Crippen LogP contribution in [0.2, 0.25) is 0 Å². The molecule has 5 nitrogen and oxygen atoms in total. The monoisotopic (exact) mass is 195 g/mol. The van der Waals surface area contributed by atoms with Gasteiger partial charge in [-0.2, -0.15) is 0 Å². The van der Waals surface area contributed by atoms with Crippen molar-refractivity contribution in [3.8, 4) is 0 Å². The van der Waals surface area contributed by atoms with Crippen LogP contribution in [0.4, 0.5) is 0 Å². The summed E-state index contributed by atoms with van der Waals surface area (Å²) in [6.07, 6.45) is 2.64. The van der Waals surface area contributed by atoms with E-state index in [2.05, 4.69) is 15.3 Å². The Balaban J connectivity index is 2.77. The van der Waals surface area contributed by atoms with Gasteiger partial charge in [-0.25, -0.2) is 14.8 Å². The van der Waals surface area contributed by atoms with Crippen molar-refractivity contribution in [1.82, 2.24) is 15.3 Å². The van der Waals surface area contributed by atoms with Crippen LogP contribution in [0.3, 0.4) is 0 Å². The maximum atomic E-state index is 10.5. The number of aromatic nitrogens is 2. The molecule has 0 aliphatic heterocycles. The molecule has 1 aromatic rings. The van der Waals surface area contributed by atoms with E-state index in [1.54, 1.807) is 0 Å². The summed E-state index contributed by atoms with van der Waals surface area (Å²) in [5, 5.41) is 11.8. The molecule has 1 rings (SSSR count). The normalized spacial score (nSPS) is 12.4. The van der Waals surface area contributed by atoms with Gasteiger partial charge in [0.25, 0.3) is 0 Å². The van der Waals surface area contributed by atoms with Gasteiger partial charge in [0.05, 0.1) is 11.6 Å². The van der Waals surface area contributed by atoms with Crippen LogP contribution in [-0.2, 0) is 0 Å². The number of carbonyl (C=O) groups is 1. The first-order valence-electron chi connectivity index (χ1n) is 4.43. The lowest BCUT2D eigenvalue weighted by Crippen LogP contribution is -2.20. The summed E-state index contributed by atoms with van der Waals surface area (Å²) in [7, 11) is 0. The standard InChI is InChI=1S/C9H13N3O2/c1-3-10-6(2)8-11-4-7(5-12-8)9(13)14/h4-6,10H,3H2,1-2H3,(H,13,14)/t6-/m1/s1. The second-order valence-corrected chi connectivity index (χ2v) is 2.91. The predicted octanol–water partition coefficient (Wildman–Crippen LogP) is 0.845. The Morgan fingerprint density at radius 3 is 2.57 bits per heavy atom. The molecule has 0 amide bonds. The zero-order chi connectivity index (χ0) is 10.6. The summed E-state index contributed by atoms with van der Waals surface area (Å²) in [4.78, 5) is 18.4. The number of carboxylic acid groups (broad SMARTS) is 1. The van der Waals surface area contributed by atoms with Gasteiger partial charge >= 0.3 is 5.97 Å². The van der Waals surface area contributed by atoms with Gasteiger partial charge in [-0.3, -0.25) is 0 Å². The predicted molar refractivity (Wildman–Crippen MR) is 51.1 cm³/mol. The van der Waals surface area contributed by atoms with Crippen molar-refractivity contribution in [3.05, 3.63) is 23.8 Å². The van der Waals surface area contributed by atoms with Crippen molar-refractivity contribution >= 4 is 5.97 Å². The van der Waals surface area contributed by atoms with Gasteiger partial charge in [0.1, 0.15) is 5.82 Å². The summed E-state index contributed by atoms with van der Waals surface area (Å²) in [6, 6.07) is 0.0443. The highest BCUT2D eigenvalue weighted by molar-refractivity contribution is 5.86. The lowest BCUT2D eigenvalue weighted by Gasteiger charge is -2.09. The Morgan fingerprint density at radius 1 is 1.57 bits per heavy atom. The molecule has 0 unspecified atom stereocenters. The van der Waals surface area contributed by atoms with Gasteiger partial charge in [0.15, 0.2) is 0 Å². The molecule has 14 heavy (non-hydrogen) atoms. The zero-order valence-electron chi connectivity index (χ0n) is 8.19. The Hall–Kier alpha value is -1.49. The van der Waals surface area contributed by atoms with Crippen LogP contribution in [0.5, 0.6) is 0 Å². The molecule has 0 aliphatic carbocycles. The van der Waals surface area contributed by atoms with Crippen LogP contribution in [0.25, 0.3) is 0 Å². The van der Waals surface area contributed by atoms with Gasteiger partial charge < -0.3 is 10.4 Å². The minimum Gasteiger partial charge on any atom is -0.478 e. The molecule has 0 aliphatic rings. The summed E-state index contributed by atoms with van der Waals surface area (Å²) in [5.41, 5.74) is 0.109. The van der Waals surface area contributed by atoms with Gasteiger partial charge in [-0.15, -0.1) is 0 Å². The van der Waals surface area contributed by atoms with E-state index in [-0.39, 0.29) is 11.6 Å². The Bertz CT molecular complexity index is 310. The summed E-state index contributed by atoms with van der Waals surface area (Å²) in [6.45, 7) is 4.74. The van der Waals surface area contributed by atoms with E-state index in [0.29, 0.717) is 5.82 Å². The lowest BCUT2D eigenvalue weighted by molar-refractivity contribution is 0.0696. The number of rotatable bonds is 4. The van der Waals surface area contributed by atoms with Crippen LogP contribution in [0.1, 0.15) is 36.1 Å². The van der Waals surface area contributed by atoms with E-state index < -0.39 is 5.97 Å². The van der Waals surface area contributed by atoms with E-state index in [1.165, 1.54) is 12.4 Å². The number of aromatic carboxylic acids is 1. The molecule has 1 atom stereocenters. The molecule has 1 heterocycles. The lowest BCUT2D eigenvalue weighted by atomic mass is 10.3. The van der Waals surface area contributed by atoms with Crippen molar-refractivity contribution < 1.29 is 9.90 Å². The molecule has 0 saturated heterocycles. The molecule has 2 N–H and O–H groups in total. The first-order chi connectivity index (χ1) is 6.65. The highest BCUT2D eigenvalue weighted by Gasteiger charge is 2.08. The molecule has 0 fully saturated rings. The molecule has 0 aromatic carbocycles. The second-order valence-electron chi connectivity index (χ2n) is 2.91. The average molecular weight is 195 g/mol. The van der Waals surface area contributed by atoms with Crippen molar-refractivity contribution in [3.63, 3.8) is 0 Å². The van der Waals surface area contributed by atoms with E-state index in [4.69, 9.17) is 5.11 Å². The molecule has 5 heteroatoms. The van der Waals surface area contributed by atoms with Crippen LogP contribution < -0.4 is 5.32 Å². The van der Waals surface area contributed by atoms with Crippen molar-refractivity contribution in [2.24, 2.45) is 0 Å². The van der Waals surface area contributed by atoms with Crippen LogP contribution in [-0.4, -0.2) is 27.6 Å². The van der Waals surface area contributed by atoms with Crippen molar-refractivity contribution in [2.75, 3.05) is 6.54 Å². The van der Waals surface area contributed by atoms with E-state index in [1.807, 2.05) is 13.8 Å². The van der Waals surface area contributed by atoms with Gasteiger partial charge in [0, 0.05) is 12.4 Å². The maximum Gasteiger partial charge on any atom is 0.338 e. The molecule has 0 bridgehead atoms. The van der Waals surface area contributed by atoms with Crippen LogP contribution in [0, 0.1) is 0 Å². The first kappa shape index (κ1) is 10.6. The van der Waals surface area contributed by atoms with Gasteiger partial charge in [0.2, 0.25) is 0 Å². The molecule has 76 valence electrons. The van der Waals surface area contributed by atoms with E-state index >= 15 is 0 Å². The van der Waals surface area contributed by atoms with Gasteiger partial charge in [-0.1, -0.05) is 6.92 Å². The highest BCUT2D eigenvalue weighted by Crippen LogP contribution is 2.05. The minimum absolute atomic E-state index is 0.0443. The quantitative estimate of drug-likeness (QED) is 0.744. The smallest absolute Gasteiger partial charge is 0.338 e. The van der Waals surface area contributed by atoms with E-state index in [0.717, 1.165) is 6.54 Å². The number of hydrogen-bond donors (Lipinski definition) is 2. The fraction of sp³-hybridized carbons (Fsp3) is 0.444. The molecule has 0 spiro atoms. The molecule has 1 aromatic heterocycles. The van der Waals surface area contributed by atoms with Crippen molar-refractivity contribution in [2.45, 2.75) is 19.9 Å². The second kappa shape index (κ2) is 4.66. The van der Waals surface area contributed by atoms with Crippen molar-refractivity contribution in [1.29, 1.82) is 0 Å². The number of nitrogens with zero attached hydrogens (tertiary/aromatic N) is 2. The zero-order valence-corrected chi connectivity index (χ0v) is 8.19. The Morgan fingerprint density at radius 2 is 2.14 bits per heavy atom. The van der Waals surface area contributed by atoms with Crippen LogP contribution >= 0.6 is 0 Å². The Kier molecular flexibility index (Phi) is 3.53. The Labute approximate surface area is 82.2 Å². The third-order valence-corrected chi connectivity index (χ3v) is 1.82. The van der Waals surface area contributed by atoms with E-state index in [9.17, 15) is 4.79 Å². The average Bonchev–Trinajstić information content (AvgIpc) is 2.18. The summed E-state index contributed by atoms with van der Waals surface area (Å²) in [5.74, 6) is -0.399. The highest BCUT2D eigenvalue weighted by atomic mass is 16.4. The fourth-order valence-corrected chi connectivity index (χ4v) is 1.07. The van der Waals surface area contributed by atoms with Gasteiger partial charge in [-0.05, 0) is 13.5 Å². The fourth-order valence-electron chi connectivity index (χ4n) is 1.07. The largest absolute Gasteiger partial charge is 0.478 e. The third-order valence-electron chi connectivity index (χ3n) is 1.82. The maximum absolute atomic E-state index is 10.5. The third kappa shape index (κ3) is 2.50. The molecular weight excluding hydrogens is 182 g/mol. The molecular formula is C9H13N3O2. The number of nitrogens with one attached hydrogen (secondary N) is 1. The molecule has 0 saturated carbocycles. The number of hydrogen-bond acceptors (Lipinski definition) is 4. The summed E-state index contributed by atoms with van der Waals surface area (Å²) < 4.78 is 0. The topological polar surface area (TPSA) is 75.1 Å². The first-order valence-corrected chi connectivity index (χ1v) is 4.43. The molecule has 0 radical (unpaired) electrons. The number of carboxylic acids is 1. The minimum atomic E-state index is -1.01.